The number of carbonyl (C=O) groups is 2. The Morgan fingerprint density at radius 1 is 1.35 bits per heavy atom. The Hall–Kier alpha value is -1.85. The molecule has 0 radical (unpaired) electrons. The highest BCUT2D eigenvalue weighted by Gasteiger charge is 2.24. The van der Waals surface area contributed by atoms with Crippen LogP contribution in [-0.4, -0.2) is 45.5 Å². The van der Waals surface area contributed by atoms with Crippen molar-refractivity contribution in [3.05, 3.63) is 18.7 Å². The average Bonchev–Trinajstić information content (AvgIpc) is 3.00. The van der Waals surface area contributed by atoms with Gasteiger partial charge in [0.15, 0.2) is 0 Å². The summed E-state index contributed by atoms with van der Waals surface area (Å²) in [6, 6.07) is -0.828. The van der Waals surface area contributed by atoms with E-state index < -0.39 is 6.04 Å². The van der Waals surface area contributed by atoms with Crippen LogP contribution < -0.4 is 5.32 Å². The molecule has 6 heteroatoms. The van der Waals surface area contributed by atoms with Crippen molar-refractivity contribution in [2.24, 2.45) is 0 Å². The minimum absolute atomic E-state index is 0.0176. The summed E-state index contributed by atoms with van der Waals surface area (Å²) in [5, 5.41) is 2.65. The fraction of sp³-hybridized carbons (Fsp3) is 0.545. The maximum absolute atomic E-state index is 11.9. The molecule has 2 heterocycles. The largest absolute Gasteiger partial charge is 0.341 e. The molecule has 92 valence electrons. The van der Waals surface area contributed by atoms with Gasteiger partial charge in [0, 0.05) is 25.5 Å². The second-order valence-electron chi connectivity index (χ2n) is 4.17. The van der Waals surface area contributed by atoms with Crippen LogP contribution in [0.25, 0.3) is 0 Å². The van der Waals surface area contributed by atoms with E-state index in [4.69, 9.17) is 0 Å². The summed E-state index contributed by atoms with van der Waals surface area (Å²) in [5.74, 6) is -0.0176. The lowest BCUT2D eigenvalue weighted by Crippen LogP contribution is -2.46. The van der Waals surface area contributed by atoms with Gasteiger partial charge in [-0.2, -0.15) is 0 Å². The van der Waals surface area contributed by atoms with Crippen LogP contribution in [0.3, 0.4) is 0 Å². The van der Waals surface area contributed by atoms with Crippen molar-refractivity contribution in [3.63, 3.8) is 0 Å². The predicted octanol–water partition coefficient (Wildman–Crippen LogP) is 0.452. The van der Waals surface area contributed by atoms with Crippen molar-refractivity contribution < 1.29 is 9.59 Å². The number of hydrogen-bond donors (Lipinski definition) is 1. The van der Waals surface area contributed by atoms with Gasteiger partial charge in [0.05, 0.1) is 0 Å². The summed E-state index contributed by atoms with van der Waals surface area (Å²) in [4.78, 5) is 29.2. The monoisotopic (exact) mass is 236 g/mol. The Bertz CT molecular complexity index is 396. The molecule has 1 aliphatic rings. The third kappa shape index (κ3) is 2.64. The standard InChI is InChI=1S/C11H16N4O2/c1-9(10(16)14-5-2-3-6-14)13-11(17)15-7-4-12-8-15/h4,7-9H,2-3,5-6H2,1H3,(H,13,17). The summed E-state index contributed by atoms with van der Waals surface area (Å²) in [6.45, 7) is 3.30. The van der Waals surface area contributed by atoms with Crippen LogP contribution in [0.5, 0.6) is 0 Å². The molecule has 2 rings (SSSR count). The van der Waals surface area contributed by atoms with E-state index in [1.54, 1.807) is 18.0 Å². The highest BCUT2D eigenvalue weighted by Crippen LogP contribution is 2.08. The van der Waals surface area contributed by atoms with E-state index in [1.165, 1.54) is 17.1 Å². The number of carbonyl (C=O) groups excluding carboxylic acids is 2. The number of imidazole rings is 1. The molecule has 6 nitrogen and oxygen atoms in total. The molecule has 1 unspecified atom stereocenters. The zero-order chi connectivity index (χ0) is 12.3. The van der Waals surface area contributed by atoms with Crippen LogP contribution in [0.2, 0.25) is 0 Å². The number of nitrogens with zero attached hydrogens (tertiary/aromatic N) is 3. The van der Waals surface area contributed by atoms with E-state index in [1.807, 2.05) is 0 Å². The third-order valence-corrected chi connectivity index (χ3v) is 2.87. The number of rotatable bonds is 2. The fourth-order valence-corrected chi connectivity index (χ4v) is 1.91. The molecule has 1 N–H and O–H groups in total. The zero-order valence-electron chi connectivity index (χ0n) is 9.80. The van der Waals surface area contributed by atoms with Crippen molar-refractivity contribution in [2.75, 3.05) is 13.1 Å². The van der Waals surface area contributed by atoms with Gasteiger partial charge < -0.3 is 10.2 Å². The van der Waals surface area contributed by atoms with E-state index in [-0.39, 0.29) is 11.9 Å². The van der Waals surface area contributed by atoms with Gasteiger partial charge in [-0.1, -0.05) is 0 Å². The first-order valence-corrected chi connectivity index (χ1v) is 5.76. The van der Waals surface area contributed by atoms with E-state index in [0.717, 1.165) is 25.9 Å². The maximum atomic E-state index is 11.9. The lowest BCUT2D eigenvalue weighted by Gasteiger charge is -2.20. The van der Waals surface area contributed by atoms with Gasteiger partial charge >= 0.3 is 6.03 Å². The van der Waals surface area contributed by atoms with E-state index in [9.17, 15) is 9.59 Å². The molecule has 1 saturated heterocycles. The molecule has 1 aromatic rings. The van der Waals surface area contributed by atoms with Crippen LogP contribution in [0.1, 0.15) is 19.8 Å². The Labute approximate surface area is 99.6 Å². The summed E-state index contributed by atoms with van der Waals surface area (Å²) in [5.41, 5.74) is 0. The third-order valence-electron chi connectivity index (χ3n) is 2.87. The van der Waals surface area contributed by atoms with Crippen LogP contribution >= 0.6 is 0 Å². The van der Waals surface area contributed by atoms with Crippen molar-refractivity contribution in [1.29, 1.82) is 0 Å². The summed E-state index contributed by atoms with van der Waals surface area (Å²) < 4.78 is 1.31. The summed E-state index contributed by atoms with van der Waals surface area (Å²) in [6.07, 6.45) is 6.57. The highest BCUT2D eigenvalue weighted by molar-refractivity contribution is 5.87. The Kier molecular flexibility index (Phi) is 3.41. The first-order chi connectivity index (χ1) is 8.18. The van der Waals surface area contributed by atoms with E-state index in [0.29, 0.717) is 0 Å². The Balaban J connectivity index is 1.90. The first kappa shape index (κ1) is 11.6. The molecule has 0 spiro atoms. The number of nitrogens with one attached hydrogen (secondary N) is 1. The van der Waals surface area contributed by atoms with Gasteiger partial charge in [-0.25, -0.2) is 9.78 Å². The van der Waals surface area contributed by atoms with E-state index in [2.05, 4.69) is 10.3 Å². The van der Waals surface area contributed by atoms with Gasteiger partial charge in [-0.05, 0) is 19.8 Å². The number of amides is 2. The Morgan fingerprint density at radius 3 is 2.65 bits per heavy atom. The fourth-order valence-electron chi connectivity index (χ4n) is 1.91. The van der Waals surface area contributed by atoms with Gasteiger partial charge in [0.1, 0.15) is 12.4 Å². The molecular formula is C11H16N4O2. The smallest absolute Gasteiger partial charge is 0.327 e. The van der Waals surface area contributed by atoms with E-state index >= 15 is 0 Å². The normalized spacial score (nSPS) is 16.9. The molecule has 1 aromatic heterocycles. The van der Waals surface area contributed by atoms with Crippen molar-refractivity contribution >= 4 is 11.9 Å². The second kappa shape index (κ2) is 4.99. The van der Waals surface area contributed by atoms with Crippen LogP contribution in [0, 0.1) is 0 Å². The van der Waals surface area contributed by atoms with Crippen LogP contribution in [-0.2, 0) is 4.79 Å². The van der Waals surface area contributed by atoms with Crippen molar-refractivity contribution in [3.8, 4) is 0 Å². The van der Waals surface area contributed by atoms with Gasteiger partial charge in [-0.3, -0.25) is 9.36 Å². The van der Waals surface area contributed by atoms with Crippen LogP contribution in [0.4, 0.5) is 4.79 Å². The van der Waals surface area contributed by atoms with Crippen LogP contribution in [0.15, 0.2) is 18.7 Å². The van der Waals surface area contributed by atoms with Crippen molar-refractivity contribution in [1.82, 2.24) is 19.8 Å². The molecule has 0 bridgehead atoms. The molecular weight excluding hydrogens is 220 g/mol. The lowest BCUT2D eigenvalue weighted by molar-refractivity contribution is -0.131. The highest BCUT2D eigenvalue weighted by atomic mass is 16.2. The minimum atomic E-state index is -0.497. The van der Waals surface area contributed by atoms with Gasteiger partial charge in [0.25, 0.3) is 0 Å². The first-order valence-electron chi connectivity index (χ1n) is 5.76. The van der Waals surface area contributed by atoms with Gasteiger partial charge in [-0.15, -0.1) is 0 Å². The van der Waals surface area contributed by atoms with Crippen molar-refractivity contribution in [2.45, 2.75) is 25.8 Å². The number of likely N-dealkylation sites (tertiary alicyclic amines) is 1. The molecule has 0 saturated carbocycles. The quantitative estimate of drug-likeness (QED) is 0.810. The molecule has 0 aromatic carbocycles. The Morgan fingerprint density at radius 2 is 2.06 bits per heavy atom. The molecule has 0 aliphatic carbocycles. The maximum Gasteiger partial charge on any atom is 0.327 e. The zero-order valence-corrected chi connectivity index (χ0v) is 9.80. The molecule has 1 fully saturated rings. The average molecular weight is 236 g/mol. The predicted molar refractivity (Wildman–Crippen MR) is 61.4 cm³/mol. The number of aromatic nitrogens is 2. The summed E-state index contributed by atoms with van der Waals surface area (Å²) in [7, 11) is 0. The SMILES string of the molecule is CC(NC(=O)n1ccnc1)C(=O)N1CCCC1. The topological polar surface area (TPSA) is 67.2 Å². The molecule has 1 aliphatic heterocycles. The molecule has 2 amide bonds. The lowest BCUT2D eigenvalue weighted by atomic mass is 10.3. The van der Waals surface area contributed by atoms with Gasteiger partial charge in [0.2, 0.25) is 5.91 Å². The summed E-state index contributed by atoms with van der Waals surface area (Å²) >= 11 is 0. The molecule has 1 atom stereocenters. The second-order valence-corrected chi connectivity index (χ2v) is 4.17. The molecule has 17 heavy (non-hydrogen) atoms. The minimum Gasteiger partial charge on any atom is -0.341 e. The number of hydrogen-bond acceptors (Lipinski definition) is 3.